The highest BCUT2D eigenvalue weighted by atomic mass is 16.4. The molecule has 0 saturated carbocycles. The highest BCUT2D eigenvalue weighted by molar-refractivity contribution is 6.06. The van der Waals surface area contributed by atoms with Crippen molar-refractivity contribution in [3.63, 3.8) is 0 Å². The molecule has 1 aliphatic rings. The zero-order valence-electron chi connectivity index (χ0n) is 12.9. The number of rotatable bonds is 4. The number of amides is 1. The van der Waals surface area contributed by atoms with Gasteiger partial charge in [0.25, 0.3) is 5.91 Å². The van der Waals surface area contributed by atoms with E-state index in [4.69, 9.17) is 5.11 Å². The van der Waals surface area contributed by atoms with E-state index in [1.807, 2.05) is 29.2 Å². The third kappa shape index (κ3) is 3.33. The van der Waals surface area contributed by atoms with Gasteiger partial charge in [-0.15, -0.1) is 0 Å². The van der Waals surface area contributed by atoms with Gasteiger partial charge in [-0.05, 0) is 43.2 Å². The molecule has 2 aromatic rings. The van der Waals surface area contributed by atoms with E-state index in [1.54, 1.807) is 12.4 Å². The Morgan fingerprint density at radius 1 is 1.26 bits per heavy atom. The Bertz CT molecular complexity index is 724. The van der Waals surface area contributed by atoms with Gasteiger partial charge in [-0.2, -0.15) is 0 Å². The first kappa shape index (κ1) is 15.5. The summed E-state index contributed by atoms with van der Waals surface area (Å²) in [6.45, 7) is 0.699. The molecule has 1 unspecified atom stereocenters. The smallest absolute Gasteiger partial charge is 0.303 e. The van der Waals surface area contributed by atoms with Gasteiger partial charge in [-0.1, -0.05) is 12.1 Å². The second-order valence-electron chi connectivity index (χ2n) is 5.98. The maximum absolute atomic E-state index is 13.0. The number of fused-ring (bicyclic) bond motifs is 1. The van der Waals surface area contributed by atoms with E-state index in [0.717, 1.165) is 30.0 Å². The molecule has 1 atom stereocenters. The highest BCUT2D eigenvalue weighted by Gasteiger charge is 2.28. The fraction of sp³-hybridized carbons (Fsp3) is 0.389. The molecule has 1 N–H and O–H groups in total. The molecule has 0 aliphatic carbocycles. The van der Waals surface area contributed by atoms with Gasteiger partial charge in [-0.3, -0.25) is 14.6 Å². The van der Waals surface area contributed by atoms with Crippen LogP contribution in [0.15, 0.2) is 36.7 Å². The molecular weight excluding hydrogens is 292 g/mol. The Balaban J connectivity index is 1.88. The minimum Gasteiger partial charge on any atom is -0.481 e. The van der Waals surface area contributed by atoms with E-state index in [-0.39, 0.29) is 18.4 Å². The maximum Gasteiger partial charge on any atom is 0.303 e. The average molecular weight is 312 g/mol. The van der Waals surface area contributed by atoms with Crippen molar-refractivity contribution in [3.05, 3.63) is 42.2 Å². The summed E-state index contributed by atoms with van der Waals surface area (Å²) in [6, 6.07) is 7.53. The third-order valence-electron chi connectivity index (χ3n) is 4.49. The van der Waals surface area contributed by atoms with Gasteiger partial charge in [0.05, 0.1) is 0 Å². The Kier molecular flexibility index (Phi) is 4.55. The molecule has 1 fully saturated rings. The van der Waals surface area contributed by atoms with Crippen LogP contribution >= 0.6 is 0 Å². The number of carboxylic acid groups (broad SMARTS) is 1. The summed E-state index contributed by atoms with van der Waals surface area (Å²) in [7, 11) is 0. The standard InChI is InChI=1S/C18H20N2O3/c21-17(22)8-7-14-5-1-2-11-20(14)18(23)16-6-3-4-13-12-19-10-9-15(13)16/h3-4,6,9-10,12,14H,1-2,5,7-8,11H2,(H,21,22). The largest absolute Gasteiger partial charge is 0.481 e. The van der Waals surface area contributed by atoms with Gasteiger partial charge in [0, 0.05) is 42.4 Å². The number of carbonyl (C=O) groups is 2. The van der Waals surface area contributed by atoms with Crippen molar-refractivity contribution in [2.24, 2.45) is 0 Å². The van der Waals surface area contributed by atoms with Crippen LogP contribution in [0.5, 0.6) is 0 Å². The Morgan fingerprint density at radius 2 is 2.13 bits per heavy atom. The molecule has 1 saturated heterocycles. The number of carbonyl (C=O) groups excluding carboxylic acids is 1. The van der Waals surface area contributed by atoms with Gasteiger partial charge in [0.2, 0.25) is 0 Å². The SMILES string of the molecule is O=C(O)CCC1CCCCN1C(=O)c1cccc2cnccc12. The zero-order valence-corrected chi connectivity index (χ0v) is 12.9. The minimum atomic E-state index is -0.806. The first-order chi connectivity index (χ1) is 11.2. The van der Waals surface area contributed by atoms with Crippen molar-refractivity contribution < 1.29 is 14.7 Å². The average Bonchev–Trinajstić information content (AvgIpc) is 2.59. The lowest BCUT2D eigenvalue weighted by Gasteiger charge is -2.36. The lowest BCUT2D eigenvalue weighted by atomic mass is 9.96. The number of pyridine rings is 1. The van der Waals surface area contributed by atoms with Gasteiger partial charge in [0.1, 0.15) is 0 Å². The molecule has 23 heavy (non-hydrogen) atoms. The van der Waals surface area contributed by atoms with Crippen LogP contribution in [0.25, 0.3) is 10.8 Å². The van der Waals surface area contributed by atoms with E-state index in [9.17, 15) is 9.59 Å². The van der Waals surface area contributed by atoms with E-state index < -0.39 is 5.97 Å². The number of benzene rings is 1. The van der Waals surface area contributed by atoms with Crippen LogP contribution in [-0.2, 0) is 4.79 Å². The van der Waals surface area contributed by atoms with Crippen molar-refractivity contribution in [1.82, 2.24) is 9.88 Å². The van der Waals surface area contributed by atoms with E-state index in [1.165, 1.54) is 0 Å². The monoisotopic (exact) mass is 312 g/mol. The van der Waals surface area contributed by atoms with Crippen LogP contribution in [-0.4, -0.2) is 39.5 Å². The van der Waals surface area contributed by atoms with E-state index in [0.29, 0.717) is 18.5 Å². The molecular formula is C18H20N2O3. The van der Waals surface area contributed by atoms with Crippen LogP contribution in [0.3, 0.4) is 0 Å². The fourth-order valence-electron chi connectivity index (χ4n) is 3.32. The topological polar surface area (TPSA) is 70.5 Å². The molecule has 1 aliphatic heterocycles. The first-order valence-corrected chi connectivity index (χ1v) is 8.02. The summed E-state index contributed by atoms with van der Waals surface area (Å²) < 4.78 is 0. The molecule has 1 aromatic heterocycles. The maximum atomic E-state index is 13.0. The Hall–Kier alpha value is -2.43. The highest BCUT2D eigenvalue weighted by Crippen LogP contribution is 2.26. The first-order valence-electron chi connectivity index (χ1n) is 8.02. The van der Waals surface area contributed by atoms with Crippen LogP contribution < -0.4 is 0 Å². The lowest BCUT2D eigenvalue weighted by molar-refractivity contribution is -0.137. The summed E-state index contributed by atoms with van der Waals surface area (Å²) in [5.41, 5.74) is 0.673. The number of hydrogen-bond donors (Lipinski definition) is 1. The molecule has 2 heterocycles. The van der Waals surface area contributed by atoms with Gasteiger partial charge >= 0.3 is 5.97 Å². The van der Waals surface area contributed by atoms with Crippen molar-refractivity contribution in [2.45, 2.75) is 38.1 Å². The number of nitrogens with zero attached hydrogens (tertiary/aromatic N) is 2. The molecule has 0 radical (unpaired) electrons. The predicted octanol–water partition coefficient (Wildman–Crippen LogP) is 3.09. The van der Waals surface area contributed by atoms with Crippen molar-refractivity contribution in [1.29, 1.82) is 0 Å². The molecule has 3 rings (SSSR count). The van der Waals surface area contributed by atoms with Crippen LogP contribution in [0.1, 0.15) is 42.5 Å². The summed E-state index contributed by atoms with van der Waals surface area (Å²) in [5, 5.41) is 10.8. The number of hydrogen-bond acceptors (Lipinski definition) is 3. The number of carboxylic acids is 1. The number of likely N-dealkylation sites (tertiary alicyclic amines) is 1. The molecule has 0 bridgehead atoms. The number of piperidine rings is 1. The molecule has 0 spiro atoms. The zero-order chi connectivity index (χ0) is 16.2. The summed E-state index contributed by atoms with van der Waals surface area (Å²) >= 11 is 0. The quantitative estimate of drug-likeness (QED) is 0.941. The summed E-state index contributed by atoms with van der Waals surface area (Å²) in [6.07, 6.45) is 6.98. The Morgan fingerprint density at radius 3 is 2.96 bits per heavy atom. The minimum absolute atomic E-state index is 0.00288. The molecule has 120 valence electrons. The van der Waals surface area contributed by atoms with Crippen LogP contribution in [0.4, 0.5) is 0 Å². The van der Waals surface area contributed by atoms with Crippen LogP contribution in [0, 0.1) is 0 Å². The molecule has 1 aromatic carbocycles. The lowest BCUT2D eigenvalue weighted by Crippen LogP contribution is -2.44. The predicted molar refractivity (Wildman–Crippen MR) is 87.3 cm³/mol. The normalized spacial score (nSPS) is 18.1. The fourth-order valence-corrected chi connectivity index (χ4v) is 3.32. The van der Waals surface area contributed by atoms with Crippen LogP contribution in [0.2, 0.25) is 0 Å². The van der Waals surface area contributed by atoms with Crippen molar-refractivity contribution >= 4 is 22.6 Å². The van der Waals surface area contributed by atoms with Crippen molar-refractivity contribution in [2.75, 3.05) is 6.54 Å². The number of aliphatic carboxylic acids is 1. The number of aromatic nitrogens is 1. The Labute approximate surface area is 134 Å². The second kappa shape index (κ2) is 6.77. The van der Waals surface area contributed by atoms with E-state index >= 15 is 0 Å². The molecule has 5 heteroatoms. The third-order valence-corrected chi connectivity index (χ3v) is 4.49. The molecule has 1 amide bonds. The second-order valence-corrected chi connectivity index (χ2v) is 5.98. The van der Waals surface area contributed by atoms with Gasteiger partial charge < -0.3 is 10.0 Å². The van der Waals surface area contributed by atoms with E-state index in [2.05, 4.69) is 4.98 Å². The summed E-state index contributed by atoms with van der Waals surface area (Å²) in [5.74, 6) is -0.809. The van der Waals surface area contributed by atoms with Gasteiger partial charge in [0.15, 0.2) is 0 Å². The summed E-state index contributed by atoms with van der Waals surface area (Å²) in [4.78, 5) is 29.8. The van der Waals surface area contributed by atoms with Crippen molar-refractivity contribution in [3.8, 4) is 0 Å². The van der Waals surface area contributed by atoms with Gasteiger partial charge in [-0.25, -0.2) is 0 Å². The molecule has 5 nitrogen and oxygen atoms in total.